The molecule has 3 rings (SSSR count). The van der Waals surface area contributed by atoms with Gasteiger partial charge >= 0.3 is 0 Å². The van der Waals surface area contributed by atoms with Crippen LogP contribution in [-0.4, -0.2) is 27.3 Å². The van der Waals surface area contributed by atoms with Gasteiger partial charge in [-0.25, -0.2) is 0 Å². The monoisotopic (exact) mass is 341 g/mol. The maximum atomic E-state index is 12.3. The van der Waals surface area contributed by atoms with Crippen molar-refractivity contribution in [3.05, 3.63) is 53.3 Å². The molecule has 1 heterocycles. The molecule has 0 unspecified atom stereocenters. The van der Waals surface area contributed by atoms with Gasteiger partial charge in [0.05, 0.1) is 12.3 Å². The van der Waals surface area contributed by atoms with Gasteiger partial charge in [-0.2, -0.15) is 5.10 Å². The highest BCUT2D eigenvalue weighted by Crippen LogP contribution is 2.47. The molecule has 1 amide bonds. The Morgan fingerprint density at radius 2 is 2.04 bits per heavy atom. The number of rotatable bonds is 5. The van der Waals surface area contributed by atoms with E-state index < -0.39 is 6.10 Å². The second kappa shape index (κ2) is 6.64. The van der Waals surface area contributed by atoms with Gasteiger partial charge in [0.1, 0.15) is 0 Å². The zero-order valence-corrected chi connectivity index (χ0v) is 15.4. The first kappa shape index (κ1) is 17.7. The quantitative estimate of drug-likeness (QED) is 0.879. The normalized spacial score (nSPS) is 21.0. The van der Waals surface area contributed by atoms with Crippen molar-refractivity contribution < 1.29 is 9.90 Å². The minimum Gasteiger partial charge on any atom is -0.387 e. The van der Waals surface area contributed by atoms with Crippen LogP contribution in [0.15, 0.2) is 36.7 Å². The van der Waals surface area contributed by atoms with Crippen LogP contribution in [-0.2, 0) is 17.3 Å². The van der Waals surface area contributed by atoms with Crippen molar-refractivity contribution in [1.82, 2.24) is 15.1 Å². The van der Waals surface area contributed by atoms with Crippen LogP contribution >= 0.6 is 0 Å². The molecular formula is C20H27N3O2. The molecule has 134 valence electrons. The molecule has 1 aromatic heterocycles. The zero-order valence-electron chi connectivity index (χ0n) is 15.4. The number of aryl methyl sites for hydroxylation is 1. The summed E-state index contributed by atoms with van der Waals surface area (Å²) in [5.41, 5.74) is 3.25. The van der Waals surface area contributed by atoms with Crippen LogP contribution < -0.4 is 5.32 Å². The fourth-order valence-corrected chi connectivity index (χ4v) is 3.14. The first-order valence-electron chi connectivity index (χ1n) is 8.80. The Kier molecular flexibility index (Phi) is 4.69. The van der Waals surface area contributed by atoms with E-state index in [1.165, 1.54) is 5.56 Å². The summed E-state index contributed by atoms with van der Waals surface area (Å²) in [5, 5.41) is 17.4. The summed E-state index contributed by atoms with van der Waals surface area (Å²) in [6.07, 6.45) is 3.95. The first-order chi connectivity index (χ1) is 11.8. The van der Waals surface area contributed by atoms with E-state index in [0.29, 0.717) is 0 Å². The van der Waals surface area contributed by atoms with Crippen LogP contribution in [0.1, 0.15) is 55.9 Å². The van der Waals surface area contributed by atoms with Crippen LogP contribution in [0.25, 0.3) is 0 Å². The average molecular weight is 341 g/mol. The minimum absolute atomic E-state index is 0.000309. The lowest BCUT2D eigenvalue weighted by Gasteiger charge is -2.20. The molecular weight excluding hydrogens is 314 g/mol. The third-order valence-corrected chi connectivity index (χ3v) is 4.91. The maximum absolute atomic E-state index is 12.3. The SMILES string of the molecule is Cn1cc([C@@H]2C[C@@H]2C(=O)NC[C@@H](O)c2ccc(C(C)(C)C)cc2)cn1. The molecule has 1 fully saturated rings. The van der Waals surface area contributed by atoms with E-state index in [1.54, 1.807) is 4.68 Å². The summed E-state index contributed by atoms with van der Waals surface area (Å²) >= 11 is 0. The topological polar surface area (TPSA) is 67.2 Å². The van der Waals surface area contributed by atoms with Crippen LogP contribution in [0.2, 0.25) is 0 Å². The number of aliphatic hydroxyl groups excluding tert-OH is 1. The lowest BCUT2D eigenvalue weighted by molar-refractivity contribution is -0.122. The highest BCUT2D eigenvalue weighted by Gasteiger charge is 2.44. The molecule has 0 spiro atoms. The Morgan fingerprint density at radius 1 is 1.36 bits per heavy atom. The number of amides is 1. The second-order valence-electron chi connectivity index (χ2n) is 8.03. The number of hydrogen-bond acceptors (Lipinski definition) is 3. The molecule has 0 radical (unpaired) electrons. The van der Waals surface area contributed by atoms with Gasteiger partial charge in [-0.3, -0.25) is 9.48 Å². The number of nitrogens with zero attached hydrogens (tertiary/aromatic N) is 2. The van der Waals surface area contributed by atoms with Crippen molar-refractivity contribution in [1.29, 1.82) is 0 Å². The van der Waals surface area contributed by atoms with Crippen LogP contribution in [0, 0.1) is 5.92 Å². The van der Waals surface area contributed by atoms with E-state index in [2.05, 4.69) is 31.2 Å². The fourth-order valence-electron chi connectivity index (χ4n) is 3.14. The van der Waals surface area contributed by atoms with Crippen molar-refractivity contribution in [2.45, 2.75) is 44.6 Å². The van der Waals surface area contributed by atoms with Crippen molar-refractivity contribution >= 4 is 5.91 Å². The van der Waals surface area contributed by atoms with Crippen LogP contribution in [0.4, 0.5) is 0 Å². The first-order valence-corrected chi connectivity index (χ1v) is 8.80. The maximum Gasteiger partial charge on any atom is 0.223 e. The van der Waals surface area contributed by atoms with Crippen LogP contribution in [0.5, 0.6) is 0 Å². The lowest BCUT2D eigenvalue weighted by atomic mass is 9.86. The number of benzene rings is 1. The third kappa shape index (κ3) is 4.10. The lowest BCUT2D eigenvalue weighted by Crippen LogP contribution is -2.30. The summed E-state index contributed by atoms with van der Waals surface area (Å²) in [6.45, 7) is 6.72. The highest BCUT2D eigenvalue weighted by atomic mass is 16.3. The van der Waals surface area contributed by atoms with Crippen molar-refractivity contribution in [2.75, 3.05) is 6.54 Å². The summed E-state index contributed by atoms with van der Waals surface area (Å²) in [5.74, 6) is 0.274. The molecule has 5 heteroatoms. The highest BCUT2D eigenvalue weighted by molar-refractivity contribution is 5.82. The van der Waals surface area contributed by atoms with E-state index >= 15 is 0 Å². The van der Waals surface area contributed by atoms with E-state index in [4.69, 9.17) is 0 Å². The van der Waals surface area contributed by atoms with E-state index in [1.807, 2.05) is 43.7 Å². The summed E-state index contributed by atoms with van der Waals surface area (Å²) in [4.78, 5) is 12.3. The molecule has 0 bridgehead atoms. The molecule has 2 aromatic rings. The predicted molar refractivity (Wildman–Crippen MR) is 97.2 cm³/mol. The smallest absolute Gasteiger partial charge is 0.223 e. The van der Waals surface area contributed by atoms with E-state index in [-0.39, 0.29) is 29.7 Å². The largest absolute Gasteiger partial charge is 0.387 e. The minimum atomic E-state index is -0.687. The molecule has 3 atom stereocenters. The van der Waals surface area contributed by atoms with E-state index in [9.17, 15) is 9.90 Å². The van der Waals surface area contributed by atoms with Gasteiger partial charge in [-0.1, -0.05) is 45.0 Å². The summed E-state index contributed by atoms with van der Waals surface area (Å²) in [7, 11) is 1.88. The summed E-state index contributed by atoms with van der Waals surface area (Å²) in [6, 6.07) is 7.96. The van der Waals surface area contributed by atoms with Crippen molar-refractivity contribution in [3.63, 3.8) is 0 Å². The molecule has 2 N–H and O–H groups in total. The Balaban J connectivity index is 1.51. The number of nitrogens with one attached hydrogen (secondary N) is 1. The van der Waals surface area contributed by atoms with Crippen LogP contribution in [0.3, 0.4) is 0 Å². The van der Waals surface area contributed by atoms with Gasteiger partial charge in [0.15, 0.2) is 0 Å². The molecule has 25 heavy (non-hydrogen) atoms. The van der Waals surface area contributed by atoms with Gasteiger partial charge in [0, 0.05) is 25.7 Å². The van der Waals surface area contributed by atoms with Crippen molar-refractivity contribution in [2.24, 2.45) is 13.0 Å². The molecule has 1 aromatic carbocycles. The number of aliphatic hydroxyl groups is 1. The summed E-state index contributed by atoms with van der Waals surface area (Å²) < 4.78 is 1.76. The standard InChI is InChI=1S/C20H27N3O2/c1-20(2,3)15-7-5-13(6-8-15)18(24)11-21-19(25)17-9-16(17)14-10-22-23(4)12-14/h5-8,10,12,16-18,24H,9,11H2,1-4H3,(H,21,25)/t16-,17-,18+/m0/s1. The Morgan fingerprint density at radius 3 is 2.60 bits per heavy atom. The van der Waals surface area contributed by atoms with Gasteiger partial charge in [0.25, 0.3) is 0 Å². The predicted octanol–water partition coefficient (Wildman–Crippen LogP) is 2.67. The number of aromatic nitrogens is 2. The van der Waals surface area contributed by atoms with Gasteiger partial charge in [0.2, 0.25) is 5.91 Å². The fraction of sp³-hybridized carbons (Fsp3) is 0.500. The van der Waals surface area contributed by atoms with Gasteiger partial charge in [-0.15, -0.1) is 0 Å². The number of hydrogen-bond donors (Lipinski definition) is 2. The number of carbonyl (C=O) groups is 1. The molecule has 0 aliphatic heterocycles. The molecule has 1 aliphatic carbocycles. The molecule has 5 nitrogen and oxygen atoms in total. The Bertz CT molecular complexity index is 743. The Hall–Kier alpha value is -2.14. The zero-order chi connectivity index (χ0) is 18.2. The van der Waals surface area contributed by atoms with Gasteiger partial charge in [-0.05, 0) is 34.4 Å². The van der Waals surface area contributed by atoms with Crippen molar-refractivity contribution in [3.8, 4) is 0 Å². The number of carbonyl (C=O) groups excluding carboxylic acids is 1. The van der Waals surface area contributed by atoms with Gasteiger partial charge < -0.3 is 10.4 Å². The average Bonchev–Trinajstić information content (AvgIpc) is 3.26. The third-order valence-electron chi connectivity index (χ3n) is 4.91. The van der Waals surface area contributed by atoms with E-state index in [0.717, 1.165) is 17.5 Å². The molecule has 1 saturated carbocycles. The Labute approximate surface area is 149 Å². The second-order valence-corrected chi connectivity index (χ2v) is 8.03. The molecule has 1 aliphatic rings. The molecule has 0 saturated heterocycles.